The van der Waals surface area contributed by atoms with E-state index in [9.17, 15) is 4.79 Å². The number of aromatic nitrogens is 4. The van der Waals surface area contributed by atoms with E-state index in [-0.39, 0.29) is 5.91 Å². The van der Waals surface area contributed by atoms with E-state index < -0.39 is 0 Å². The number of tetrazole rings is 1. The maximum atomic E-state index is 11.6. The molecule has 1 aromatic heterocycles. The second-order valence-electron chi connectivity index (χ2n) is 5.25. The van der Waals surface area contributed by atoms with Crippen molar-refractivity contribution in [2.75, 3.05) is 6.54 Å². The van der Waals surface area contributed by atoms with Crippen molar-refractivity contribution in [1.29, 1.82) is 0 Å². The van der Waals surface area contributed by atoms with Gasteiger partial charge in [0.2, 0.25) is 5.91 Å². The molecule has 0 fully saturated rings. The van der Waals surface area contributed by atoms with Crippen LogP contribution < -0.4 is 5.32 Å². The van der Waals surface area contributed by atoms with Crippen LogP contribution in [0.3, 0.4) is 0 Å². The fraction of sp³-hybridized carbons (Fsp3) is 0.500. The molecule has 0 aliphatic heterocycles. The van der Waals surface area contributed by atoms with Crippen LogP contribution in [-0.2, 0) is 11.2 Å². The van der Waals surface area contributed by atoms with Gasteiger partial charge in [0.15, 0.2) is 5.82 Å². The Morgan fingerprint density at radius 3 is 2.77 bits per heavy atom. The van der Waals surface area contributed by atoms with Crippen molar-refractivity contribution in [1.82, 2.24) is 25.5 Å². The van der Waals surface area contributed by atoms with E-state index in [1.165, 1.54) is 0 Å². The smallest absolute Gasteiger partial charge is 0.219 e. The van der Waals surface area contributed by atoms with Crippen molar-refractivity contribution >= 4 is 5.91 Å². The van der Waals surface area contributed by atoms with Gasteiger partial charge in [0.1, 0.15) is 0 Å². The number of amides is 1. The van der Waals surface area contributed by atoms with E-state index in [2.05, 4.69) is 27.8 Å². The molecule has 0 unspecified atom stereocenters. The molecule has 22 heavy (non-hydrogen) atoms. The third-order valence-electron chi connectivity index (χ3n) is 3.44. The Hall–Kier alpha value is -2.24. The highest BCUT2D eigenvalue weighted by Gasteiger charge is 2.08. The van der Waals surface area contributed by atoms with Gasteiger partial charge in [-0.25, -0.2) is 0 Å². The number of hydrogen-bond donors (Lipinski definition) is 1. The molecule has 1 amide bonds. The lowest BCUT2D eigenvalue weighted by Gasteiger charge is -2.05. The Labute approximate surface area is 130 Å². The molecule has 2 aromatic rings. The zero-order chi connectivity index (χ0) is 15.6. The predicted octanol–water partition coefficient (Wildman–Crippen LogP) is 2.29. The van der Waals surface area contributed by atoms with Crippen molar-refractivity contribution in [2.24, 2.45) is 0 Å². The monoisotopic (exact) mass is 301 g/mol. The summed E-state index contributed by atoms with van der Waals surface area (Å²) in [6, 6.07) is 9.83. The van der Waals surface area contributed by atoms with Crippen LogP contribution in [0.25, 0.3) is 5.69 Å². The highest BCUT2D eigenvalue weighted by molar-refractivity contribution is 5.75. The Morgan fingerprint density at radius 2 is 2.00 bits per heavy atom. The standard InChI is InChI=1S/C16H23N5O/c1-2-3-13-17-16(22)12-8-7-11-15-18-19-20-21(15)14-9-5-4-6-10-14/h4-6,9-10H,2-3,7-8,11-13H2,1H3,(H,17,22). The summed E-state index contributed by atoms with van der Waals surface area (Å²) < 4.78 is 1.75. The molecule has 0 saturated heterocycles. The Morgan fingerprint density at radius 1 is 1.18 bits per heavy atom. The van der Waals surface area contributed by atoms with E-state index in [0.29, 0.717) is 6.42 Å². The number of rotatable bonds is 9. The average molecular weight is 301 g/mol. The fourth-order valence-electron chi connectivity index (χ4n) is 2.19. The number of hydrogen-bond acceptors (Lipinski definition) is 4. The van der Waals surface area contributed by atoms with Gasteiger partial charge >= 0.3 is 0 Å². The number of para-hydroxylation sites is 1. The third kappa shape index (κ3) is 4.95. The van der Waals surface area contributed by atoms with Gasteiger partial charge in [0.05, 0.1) is 5.69 Å². The Balaban J connectivity index is 1.74. The van der Waals surface area contributed by atoms with Crippen molar-refractivity contribution in [3.05, 3.63) is 36.2 Å². The van der Waals surface area contributed by atoms with Gasteiger partial charge < -0.3 is 5.32 Å². The van der Waals surface area contributed by atoms with Crippen LogP contribution in [0.4, 0.5) is 0 Å². The largest absolute Gasteiger partial charge is 0.356 e. The number of aryl methyl sites for hydroxylation is 1. The lowest BCUT2D eigenvalue weighted by atomic mass is 10.1. The summed E-state index contributed by atoms with van der Waals surface area (Å²) in [6.45, 7) is 2.89. The molecule has 0 spiro atoms. The molecule has 0 aliphatic carbocycles. The highest BCUT2D eigenvalue weighted by Crippen LogP contribution is 2.09. The Kier molecular flexibility index (Phi) is 6.54. The zero-order valence-electron chi connectivity index (χ0n) is 13.0. The molecule has 1 aromatic carbocycles. The molecule has 1 heterocycles. The first-order chi connectivity index (χ1) is 10.8. The van der Waals surface area contributed by atoms with Crippen LogP contribution >= 0.6 is 0 Å². The van der Waals surface area contributed by atoms with Crippen LogP contribution in [0.2, 0.25) is 0 Å². The second-order valence-corrected chi connectivity index (χ2v) is 5.25. The van der Waals surface area contributed by atoms with E-state index in [1.807, 2.05) is 30.3 Å². The van der Waals surface area contributed by atoms with Gasteiger partial charge in [-0.3, -0.25) is 4.79 Å². The summed E-state index contributed by atoms with van der Waals surface area (Å²) in [7, 11) is 0. The van der Waals surface area contributed by atoms with Crippen LogP contribution in [0.1, 0.15) is 44.9 Å². The van der Waals surface area contributed by atoms with Crippen LogP contribution in [0.5, 0.6) is 0 Å². The second kappa shape index (κ2) is 8.92. The molecule has 0 radical (unpaired) electrons. The molecule has 6 nitrogen and oxygen atoms in total. The van der Waals surface area contributed by atoms with Gasteiger partial charge in [-0.2, -0.15) is 4.68 Å². The van der Waals surface area contributed by atoms with Gasteiger partial charge in [-0.15, -0.1) is 5.10 Å². The summed E-state index contributed by atoms with van der Waals surface area (Å²) in [5.74, 6) is 0.966. The molecule has 118 valence electrons. The van der Waals surface area contributed by atoms with Gasteiger partial charge in [0.25, 0.3) is 0 Å². The minimum atomic E-state index is 0.135. The first-order valence-electron chi connectivity index (χ1n) is 7.90. The molecular weight excluding hydrogens is 278 g/mol. The number of nitrogens with one attached hydrogen (secondary N) is 1. The number of nitrogens with zero attached hydrogens (tertiary/aromatic N) is 4. The van der Waals surface area contributed by atoms with Crippen molar-refractivity contribution < 1.29 is 4.79 Å². The topological polar surface area (TPSA) is 72.7 Å². The number of carbonyl (C=O) groups excluding carboxylic acids is 1. The molecule has 0 atom stereocenters. The quantitative estimate of drug-likeness (QED) is 0.721. The van der Waals surface area contributed by atoms with Crippen molar-refractivity contribution in [3.63, 3.8) is 0 Å². The first-order valence-corrected chi connectivity index (χ1v) is 7.90. The SMILES string of the molecule is CCCCNC(=O)CCCCc1nnnn1-c1ccccc1. The van der Waals surface area contributed by atoms with Gasteiger partial charge in [0, 0.05) is 19.4 Å². The lowest BCUT2D eigenvalue weighted by molar-refractivity contribution is -0.121. The minimum Gasteiger partial charge on any atom is -0.356 e. The average Bonchev–Trinajstić information content (AvgIpc) is 3.01. The van der Waals surface area contributed by atoms with E-state index >= 15 is 0 Å². The van der Waals surface area contributed by atoms with E-state index in [0.717, 1.165) is 50.2 Å². The minimum absolute atomic E-state index is 0.135. The lowest BCUT2D eigenvalue weighted by Crippen LogP contribution is -2.23. The molecule has 1 N–H and O–H groups in total. The van der Waals surface area contributed by atoms with Crippen LogP contribution in [0.15, 0.2) is 30.3 Å². The zero-order valence-corrected chi connectivity index (χ0v) is 13.0. The summed E-state index contributed by atoms with van der Waals surface area (Å²) in [6.07, 6.45) is 5.22. The number of benzene rings is 1. The van der Waals surface area contributed by atoms with Crippen molar-refractivity contribution in [3.8, 4) is 5.69 Å². The summed E-state index contributed by atoms with van der Waals surface area (Å²) >= 11 is 0. The predicted molar refractivity (Wildman–Crippen MR) is 84.6 cm³/mol. The number of carbonyl (C=O) groups is 1. The van der Waals surface area contributed by atoms with E-state index in [1.54, 1.807) is 4.68 Å². The maximum absolute atomic E-state index is 11.6. The number of unbranched alkanes of at least 4 members (excludes halogenated alkanes) is 2. The van der Waals surface area contributed by atoms with Gasteiger partial charge in [-0.05, 0) is 41.8 Å². The Bertz CT molecular complexity index is 567. The van der Waals surface area contributed by atoms with E-state index in [4.69, 9.17) is 0 Å². The molecule has 0 saturated carbocycles. The highest BCUT2D eigenvalue weighted by atomic mass is 16.1. The van der Waals surface area contributed by atoms with Crippen LogP contribution in [0, 0.1) is 0 Å². The summed E-state index contributed by atoms with van der Waals surface area (Å²) in [5.41, 5.74) is 0.958. The molecule has 0 bridgehead atoms. The molecule has 2 rings (SSSR count). The normalized spacial score (nSPS) is 10.6. The maximum Gasteiger partial charge on any atom is 0.219 e. The van der Waals surface area contributed by atoms with Gasteiger partial charge in [-0.1, -0.05) is 31.5 Å². The molecule has 0 aliphatic rings. The van der Waals surface area contributed by atoms with Crippen LogP contribution in [-0.4, -0.2) is 32.7 Å². The summed E-state index contributed by atoms with van der Waals surface area (Å²) in [5, 5.41) is 14.8. The first kappa shape index (κ1) is 16.1. The summed E-state index contributed by atoms with van der Waals surface area (Å²) in [4.78, 5) is 11.6. The fourth-order valence-corrected chi connectivity index (χ4v) is 2.19. The van der Waals surface area contributed by atoms with Crippen molar-refractivity contribution in [2.45, 2.75) is 45.4 Å². The molecule has 6 heteroatoms. The molecular formula is C16H23N5O. The third-order valence-corrected chi connectivity index (χ3v) is 3.44.